The van der Waals surface area contributed by atoms with Gasteiger partial charge < -0.3 is 5.32 Å². The number of hydrogen-bond acceptors (Lipinski definition) is 2. The van der Waals surface area contributed by atoms with Gasteiger partial charge in [0.1, 0.15) is 0 Å². The molecule has 0 bridgehead atoms. The van der Waals surface area contributed by atoms with Crippen LogP contribution in [-0.2, 0) is 0 Å². The minimum atomic E-state index is 0.369. The first-order valence-electron chi connectivity index (χ1n) is 5.46. The van der Waals surface area contributed by atoms with Crippen LogP contribution in [0.25, 0.3) is 0 Å². The molecule has 1 atom stereocenters. The van der Waals surface area contributed by atoms with Crippen LogP contribution >= 0.6 is 0 Å². The fourth-order valence-electron chi connectivity index (χ4n) is 2.04. The number of nitrogens with zero attached hydrogens (tertiary/aromatic N) is 1. The Hall–Kier alpha value is -0.550. The highest BCUT2D eigenvalue weighted by Crippen LogP contribution is 2.17. The largest absolute Gasteiger partial charge is 0.310 e. The van der Waals surface area contributed by atoms with Gasteiger partial charge in [0.15, 0.2) is 0 Å². The number of nitrogens with one attached hydrogen (secondary N) is 1. The van der Waals surface area contributed by atoms with Gasteiger partial charge in [0.2, 0.25) is 0 Å². The Kier molecular flexibility index (Phi) is 4.85. The molecule has 2 nitrogen and oxygen atoms in total. The average molecular weight is 180 g/mol. The van der Waals surface area contributed by atoms with E-state index >= 15 is 0 Å². The summed E-state index contributed by atoms with van der Waals surface area (Å²) in [6, 6.07) is 3.25. The summed E-state index contributed by atoms with van der Waals surface area (Å²) in [4.78, 5) is 0. The maximum absolute atomic E-state index is 8.53. The predicted molar refractivity (Wildman–Crippen MR) is 54.3 cm³/mol. The first-order chi connectivity index (χ1) is 6.33. The molecule has 1 fully saturated rings. The van der Waals surface area contributed by atoms with Gasteiger partial charge in [-0.3, -0.25) is 0 Å². The van der Waals surface area contributed by atoms with Crippen LogP contribution in [0.3, 0.4) is 0 Å². The van der Waals surface area contributed by atoms with Gasteiger partial charge in [0.25, 0.3) is 0 Å². The minimum absolute atomic E-state index is 0.369. The molecule has 0 saturated heterocycles. The quantitative estimate of drug-likeness (QED) is 0.678. The second kappa shape index (κ2) is 5.99. The lowest BCUT2D eigenvalue weighted by atomic mass is 10.1. The van der Waals surface area contributed by atoms with E-state index in [0.717, 1.165) is 0 Å². The third-order valence-corrected chi connectivity index (χ3v) is 2.77. The molecule has 0 aromatic carbocycles. The van der Waals surface area contributed by atoms with Crippen LogP contribution in [0.1, 0.15) is 51.9 Å². The van der Waals surface area contributed by atoms with E-state index in [0.29, 0.717) is 18.5 Å². The third-order valence-electron chi connectivity index (χ3n) is 2.77. The Morgan fingerprint density at radius 1 is 1.31 bits per heavy atom. The lowest BCUT2D eigenvalue weighted by Crippen LogP contribution is -2.35. The van der Waals surface area contributed by atoms with Crippen molar-refractivity contribution < 1.29 is 0 Å². The molecule has 13 heavy (non-hydrogen) atoms. The van der Waals surface area contributed by atoms with Crippen LogP contribution in [0, 0.1) is 11.3 Å². The van der Waals surface area contributed by atoms with Crippen LogP contribution in [0.5, 0.6) is 0 Å². The Balaban J connectivity index is 2.22. The van der Waals surface area contributed by atoms with Crippen LogP contribution in [0.15, 0.2) is 0 Å². The van der Waals surface area contributed by atoms with Gasteiger partial charge >= 0.3 is 0 Å². The van der Waals surface area contributed by atoms with Gasteiger partial charge in [-0.1, -0.05) is 25.7 Å². The van der Waals surface area contributed by atoms with E-state index in [1.54, 1.807) is 0 Å². The fraction of sp³-hybridized carbons (Fsp3) is 0.909. The zero-order chi connectivity index (χ0) is 9.52. The monoisotopic (exact) mass is 180 g/mol. The van der Waals surface area contributed by atoms with E-state index in [1.165, 1.54) is 38.5 Å². The fourth-order valence-corrected chi connectivity index (χ4v) is 2.04. The summed E-state index contributed by atoms with van der Waals surface area (Å²) in [5, 5.41) is 12.1. The van der Waals surface area contributed by atoms with Crippen molar-refractivity contribution in [3.63, 3.8) is 0 Å². The van der Waals surface area contributed by atoms with Crippen molar-refractivity contribution in [3.8, 4) is 6.07 Å². The zero-order valence-corrected chi connectivity index (χ0v) is 8.55. The molecular formula is C11H20N2. The molecule has 1 N–H and O–H groups in total. The maximum atomic E-state index is 8.53. The topological polar surface area (TPSA) is 35.8 Å². The van der Waals surface area contributed by atoms with Gasteiger partial charge in [0.05, 0.1) is 12.5 Å². The Bertz CT molecular complexity index is 163. The summed E-state index contributed by atoms with van der Waals surface area (Å²) in [5.74, 6) is 0. The zero-order valence-electron chi connectivity index (χ0n) is 8.55. The number of rotatable bonds is 3. The standard InChI is InChI=1S/C11H20N2/c1-10(8-9-12)13-11-6-4-2-3-5-7-11/h10-11,13H,2-8H2,1H3/t10-/m1/s1. The Labute approximate surface area is 81.3 Å². The minimum Gasteiger partial charge on any atom is -0.310 e. The van der Waals surface area contributed by atoms with E-state index in [2.05, 4.69) is 18.3 Å². The molecule has 1 aliphatic carbocycles. The molecule has 0 spiro atoms. The summed E-state index contributed by atoms with van der Waals surface area (Å²) in [6.45, 7) is 2.11. The predicted octanol–water partition coefficient (Wildman–Crippen LogP) is 2.60. The summed E-state index contributed by atoms with van der Waals surface area (Å²) in [5.41, 5.74) is 0. The normalized spacial score (nSPS) is 21.8. The van der Waals surface area contributed by atoms with E-state index in [4.69, 9.17) is 5.26 Å². The van der Waals surface area contributed by atoms with E-state index in [1.807, 2.05) is 0 Å². The van der Waals surface area contributed by atoms with Gasteiger partial charge in [-0.2, -0.15) is 5.26 Å². The summed E-state index contributed by atoms with van der Waals surface area (Å²) in [6.07, 6.45) is 8.74. The third kappa shape index (κ3) is 4.28. The molecule has 0 aromatic heterocycles. The second-order valence-electron chi connectivity index (χ2n) is 4.12. The second-order valence-corrected chi connectivity index (χ2v) is 4.12. The van der Waals surface area contributed by atoms with Crippen molar-refractivity contribution in [2.75, 3.05) is 0 Å². The molecule has 74 valence electrons. The van der Waals surface area contributed by atoms with Crippen molar-refractivity contribution in [2.24, 2.45) is 0 Å². The molecule has 0 radical (unpaired) electrons. The van der Waals surface area contributed by atoms with Crippen LogP contribution in [0.4, 0.5) is 0 Å². The van der Waals surface area contributed by atoms with Gasteiger partial charge in [-0.15, -0.1) is 0 Å². The Morgan fingerprint density at radius 3 is 2.46 bits per heavy atom. The van der Waals surface area contributed by atoms with Crippen molar-refractivity contribution >= 4 is 0 Å². The molecule has 0 aromatic rings. The summed E-state index contributed by atoms with van der Waals surface area (Å²) < 4.78 is 0. The smallest absolute Gasteiger partial charge is 0.0638 e. The molecule has 0 amide bonds. The van der Waals surface area contributed by atoms with Gasteiger partial charge in [-0.05, 0) is 19.8 Å². The van der Waals surface area contributed by atoms with Gasteiger partial charge in [-0.25, -0.2) is 0 Å². The highest BCUT2D eigenvalue weighted by Gasteiger charge is 2.13. The van der Waals surface area contributed by atoms with E-state index < -0.39 is 0 Å². The first kappa shape index (κ1) is 10.5. The molecule has 1 rings (SSSR count). The lowest BCUT2D eigenvalue weighted by molar-refractivity contribution is 0.410. The maximum Gasteiger partial charge on any atom is 0.0638 e. The average Bonchev–Trinajstić information content (AvgIpc) is 2.33. The molecule has 0 aliphatic heterocycles. The van der Waals surface area contributed by atoms with E-state index in [-0.39, 0.29) is 0 Å². The molecule has 1 saturated carbocycles. The SMILES string of the molecule is C[C@H](CC#N)NC1CCCCCC1. The van der Waals surface area contributed by atoms with Crippen LogP contribution in [0.2, 0.25) is 0 Å². The molecule has 0 unspecified atom stereocenters. The number of nitriles is 1. The van der Waals surface area contributed by atoms with Crippen LogP contribution in [-0.4, -0.2) is 12.1 Å². The van der Waals surface area contributed by atoms with Crippen molar-refractivity contribution in [1.29, 1.82) is 5.26 Å². The highest BCUT2D eigenvalue weighted by atomic mass is 14.9. The van der Waals surface area contributed by atoms with Gasteiger partial charge in [0, 0.05) is 12.1 Å². The highest BCUT2D eigenvalue weighted by molar-refractivity contribution is 4.81. The number of hydrogen-bond donors (Lipinski definition) is 1. The lowest BCUT2D eigenvalue weighted by Gasteiger charge is -2.19. The summed E-state index contributed by atoms with van der Waals surface area (Å²) in [7, 11) is 0. The Morgan fingerprint density at radius 2 is 1.92 bits per heavy atom. The van der Waals surface area contributed by atoms with E-state index in [9.17, 15) is 0 Å². The molecule has 1 aliphatic rings. The first-order valence-corrected chi connectivity index (χ1v) is 5.46. The summed E-state index contributed by atoms with van der Waals surface area (Å²) >= 11 is 0. The van der Waals surface area contributed by atoms with Crippen molar-refractivity contribution in [3.05, 3.63) is 0 Å². The van der Waals surface area contributed by atoms with Crippen LogP contribution < -0.4 is 5.32 Å². The van der Waals surface area contributed by atoms with Crippen molar-refractivity contribution in [2.45, 2.75) is 64.0 Å². The van der Waals surface area contributed by atoms with Crippen molar-refractivity contribution in [1.82, 2.24) is 5.32 Å². The molecular weight excluding hydrogens is 160 g/mol. The molecule has 0 heterocycles. The molecule has 2 heteroatoms.